The van der Waals surface area contributed by atoms with Gasteiger partial charge >= 0.3 is 0 Å². The Morgan fingerprint density at radius 1 is 1.08 bits per heavy atom. The number of para-hydroxylation sites is 1. The highest BCUT2D eigenvalue weighted by atomic mass is 16.2. The van der Waals surface area contributed by atoms with Gasteiger partial charge in [-0.25, -0.2) is 0 Å². The highest BCUT2D eigenvalue weighted by Gasteiger charge is 2.27. The van der Waals surface area contributed by atoms with E-state index < -0.39 is 0 Å². The molecule has 2 rings (SSSR count). The second-order valence-electron chi connectivity index (χ2n) is 7.12. The van der Waals surface area contributed by atoms with Crippen LogP contribution < -0.4 is 10.6 Å². The fourth-order valence-corrected chi connectivity index (χ4v) is 3.15. The van der Waals surface area contributed by atoms with Crippen molar-refractivity contribution in [3.63, 3.8) is 0 Å². The molecular weight excluding hydrogens is 304 g/mol. The summed E-state index contributed by atoms with van der Waals surface area (Å²) in [6.07, 6.45) is 0.632. The zero-order chi connectivity index (χ0) is 17.9. The van der Waals surface area contributed by atoms with Crippen molar-refractivity contribution in [2.75, 3.05) is 5.32 Å². The van der Waals surface area contributed by atoms with Crippen molar-refractivity contribution >= 4 is 23.4 Å². The number of rotatable bonds is 5. The molecule has 0 aromatic heterocycles. The molecule has 0 radical (unpaired) electrons. The highest BCUT2D eigenvalue weighted by molar-refractivity contribution is 5.99. The van der Waals surface area contributed by atoms with Gasteiger partial charge in [0.25, 0.3) is 0 Å². The van der Waals surface area contributed by atoms with Crippen LogP contribution in [0.25, 0.3) is 0 Å². The molecular formula is C19H26N2O3. The van der Waals surface area contributed by atoms with Crippen LogP contribution in [0, 0.1) is 5.92 Å². The van der Waals surface area contributed by atoms with Crippen LogP contribution in [-0.2, 0) is 14.4 Å². The topological polar surface area (TPSA) is 75.3 Å². The normalized spacial score (nSPS) is 15.8. The van der Waals surface area contributed by atoms with Gasteiger partial charge in [-0.05, 0) is 28.9 Å². The van der Waals surface area contributed by atoms with Crippen LogP contribution in [0.5, 0.6) is 0 Å². The molecule has 24 heavy (non-hydrogen) atoms. The molecule has 0 atom stereocenters. The Balaban J connectivity index is 2.16. The van der Waals surface area contributed by atoms with Crippen molar-refractivity contribution in [1.82, 2.24) is 5.32 Å². The molecule has 1 aliphatic rings. The number of anilines is 1. The summed E-state index contributed by atoms with van der Waals surface area (Å²) in [5.74, 6) is -0.372. The lowest BCUT2D eigenvalue weighted by molar-refractivity contribution is -0.135. The molecule has 1 heterocycles. The first-order chi connectivity index (χ1) is 11.3. The fourth-order valence-electron chi connectivity index (χ4n) is 3.15. The number of piperidine rings is 1. The van der Waals surface area contributed by atoms with Crippen LogP contribution >= 0.6 is 0 Å². The van der Waals surface area contributed by atoms with Gasteiger partial charge in [0.15, 0.2) is 0 Å². The van der Waals surface area contributed by atoms with E-state index in [9.17, 15) is 14.4 Å². The largest absolute Gasteiger partial charge is 0.326 e. The monoisotopic (exact) mass is 330 g/mol. The quantitative estimate of drug-likeness (QED) is 0.813. The summed E-state index contributed by atoms with van der Waals surface area (Å²) in [6.45, 7) is 8.39. The van der Waals surface area contributed by atoms with Gasteiger partial charge in [0.2, 0.25) is 17.7 Å². The number of hydrogen-bond acceptors (Lipinski definition) is 3. The van der Waals surface area contributed by atoms with Crippen LogP contribution in [0.4, 0.5) is 5.69 Å². The van der Waals surface area contributed by atoms with Gasteiger partial charge in [0.1, 0.15) is 0 Å². The fraction of sp³-hybridized carbons (Fsp3) is 0.526. The zero-order valence-electron chi connectivity index (χ0n) is 14.8. The standard InChI is InChI=1S/C19H26N2O3/c1-11(2)14-6-5-7-15(12(3)4)19(14)21-18(24)10-13-8-16(22)20-17(23)9-13/h5-7,11-13H,8-10H2,1-4H3,(H,21,24)(H,20,22,23). The lowest BCUT2D eigenvalue weighted by Gasteiger charge is -2.23. The third-order valence-corrected chi connectivity index (χ3v) is 4.34. The Bertz CT molecular complexity index is 608. The van der Waals surface area contributed by atoms with E-state index in [0.717, 1.165) is 16.8 Å². The lowest BCUT2D eigenvalue weighted by Crippen LogP contribution is -2.39. The Labute approximate surface area is 143 Å². The summed E-state index contributed by atoms with van der Waals surface area (Å²) in [6, 6.07) is 6.08. The third kappa shape index (κ3) is 4.43. The molecule has 0 spiro atoms. The molecule has 0 aliphatic carbocycles. The minimum Gasteiger partial charge on any atom is -0.326 e. The molecule has 2 N–H and O–H groups in total. The molecule has 1 aliphatic heterocycles. The minimum absolute atomic E-state index is 0.141. The second-order valence-corrected chi connectivity index (χ2v) is 7.12. The molecule has 5 heteroatoms. The molecule has 130 valence electrons. The van der Waals surface area contributed by atoms with E-state index in [1.165, 1.54) is 0 Å². The molecule has 3 amide bonds. The van der Waals surface area contributed by atoms with Crippen LogP contribution in [-0.4, -0.2) is 17.7 Å². The van der Waals surface area contributed by atoms with Crippen LogP contribution in [0.2, 0.25) is 0 Å². The summed E-state index contributed by atoms with van der Waals surface area (Å²) < 4.78 is 0. The van der Waals surface area contributed by atoms with Crippen LogP contribution in [0.3, 0.4) is 0 Å². The molecule has 1 saturated heterocycles. The smallest absolute Gasteiger partial charge is 0.226 e. The highest BCUT2D eigenvalue weighted by Crippen LogP contribution is 2.32. The Kier molecular flexibility index (Phi) is 5.75. The van der Waals surface area contributed by atoms with Gasteiger partial charge in [-0.3, -0.25) is 19.7 Å². The summed E-state index contributed by atoms with van der Waals surface area (Å²) in [5.41, 5.74) is 3.08. The Morgan fingerprint density at radius 3 is 2.04 bits per heavy atom. The molecule has 1 fully saturated rings. The molecule has 0 bridgehead atoms. The number of amides is 3. The summed E-state index contributed by atoms with van der Waals surface area (Å²) >= 11 is 0. The van der Waals surface area contributed by atoms with Crippen molar-refractivity contribution in [1.29, 1.82) is 0 Å². The lowest BCUT2D eigenvalue weighted by atomic mass is 9.91. The van der Waals surface area contributed by atoms with E-state index in [0.29, 0.717) is 11.8 Å². The second kappa shape index (κ2) is 7.60. The number of benzene rings is 1. The number of carbonyl (C=O) groups is 3. The first-order valence-corrected chi connectivity index (χ1v) is 8.53. The van der Waals surface area contributed by atoms with E-state index in [4.69, 9.17) is 0 Å². The molecule has 0 unspecified atom stereocenters. The zero-order valence-corrected chi connectivity index (χ0v) is 14.8. The van der Waals surface area contributed by atoms with Crippen molar-refractivity contribution in [2.45, 2.75) is 58.8 Å². The van der Waals surface area contributed by atoms with Gasteiger partial charge in [0.05, 0.1) is 0 Å². The van der Waals surface area contributed by atoms with Crippen LogP contribution in [0.15, 0.2) is 18.2 Å². The van der Waals surface area contributed by atoms with Crippen molar-refractivity contribution in [3.8, 4) is 0 Å². The number of carbonyl (C=O) groups excluding carboxylic acids is 3. The summed E-state index contributed by atoms with van der Waals surface area (Å²) in [5, 5.41) is 5.31. The molecule has 1 aromatic rings. The maximum absolute atomic E-state index is 12.5. The Hall–Kier alpha value is -2.17. The predicted molar refractivity (Wildman–Crippen MR) is 93.7 cm³/mol. The third-order valence-electron chi connectivity index (χ3n) is 4.34. The van der Waals surface area contributed by atoms with E-state index in [1.807, 2.05) is 18.2 Å². The predicted octanol–water partition coefficient (Wildman–Crippen LogP) is 3.31. The first kappa shape index (κ1) is 18.2. The maximum Gasteiger partial charge on any atom is 0.226 e. The van der Waals surface area contributed by atoms with Crippen molar-refractivity contribution < 1.29 is 14.4 Å². The van der Waals surface area contributed by atoms with E-state index in [-0.39, 0.29) is 42.9 Å². The summed E-state index contributed by atoms with van der Waals surface area (Å²) in [7, 11) is 0. The number of imide groups is 1. The van der Waals surface area contributed by atoms with Gasteiger partial charge in [-0.1, -0.05) is 45.9 Å². The van der Waals surface area contributed by atoms with E-state index >= 15 is 0 Å². The summed E-state index contributed by atoms with van der Waals surface area (Å²) in [4.78, 5) is 35.4. The molecule has 5 nitrogen and oxygen atoms in total. The van der Waals surface area contributed by atoms with E-state index in [1.54, 1.807) is 0 Å². The Morgan fingerprint density at radius 2 is 1.58 bits per heavy atom. The molecule has 1 aromatic carbocycles. The van der Waals surface area contributed by atoms with Gasteiger partial charge < -0.3 is 5.32 Å². The van der Waals surface area contributed by atoms with Gasteiger partial charge in [0, 0.05) is 24.9 Å². The number of nitrogens with one attached hydrogen (secondary N) is 2. The average molecular weight is 330 g/mol. The maximum atomic E-state index is 12.5. The molecule has 0 saturated carbocycles. The SMILES string of the molecule is CC(C)c1cccc(C(C)C)c1NC(=O)CC1CC(=O)NC(=O)C1. The van der Waals surface area contributed by atoms with Gasteiger partial charge in [-0.2, -0.15) is 0 Å². The minimum atomic E-state index is -0.297. The van der Waals surface area contributed by atoms with E-state index in [2.05, 4.69) is 38.3 Å². The van der Waals surface area contributed by atoms with Crippen LogP contribution in [0.1, 0.15) is 69.9 Å². The van der Waals surface area contributed by atoms with Crippen molar-refractivity contribution in [3.05, 3.63) is 29.3 Å². The number of hydrogen-bond donors (Lipinski definition) is 2. The average Bonchev–Trinajstić information content (AvgIpc) is 2.45. The first-order valence-electron chi connectivity index (χ1n) is 8.53. The van der Waals surface area contributed by atoms with Gasteiger partial charge in [-0.15, -0.1) is 0 Å². The van der Waals surface area contributed by atoms with Crippen molar-refractivity contribution in [2.24, 2.45) is 5.92 Å².